The predicted molar refractivity (Wildman–Crippen MR) is 87.9 cm³/mol. The maximum Gasteiger partial charge on any atom is 0.0799 e. The minimum atomic E-state index is -0.599. The van der Waals surface area contributed by atoms with Gasteiger partial charge in [0.25, 0.3) is 0 Å². The van der Waals surface area contributed by atoms with Crippen LogP contribution in [0.15, 0.2) is 0 Å². The molecule has 2 unspecified atom stereocenters. The van der Waals surface area contributed by atoms with Crippen LogP contribution < -0.4 is 0 Å². The number of rotatable bonds is 15. The Hall–Kier alpha value is -1.10. The Labute approximate surface area is 135 Å². The fourth-order valence-electron chi connectivity index (χ4n) is 2.56. The summed E-state index contributed by atoms with van der Waals surface area (Å²) in [5.74, 6) is 0. The Morgan fingerprint density at radius 1 is 0.545 bits per heavy atom. The van der Waals surface area contributed by atoms with Gasteiger partial charge in [-0.3, -0.25) is 0 Å². The average molecular weight is 308 g/mol. The van der Waals surface area contributed by atoms with E-state index in [0.717, 1.165) is 64.2 Å². The van der Waals surface area contributed by atoms with Gasteiger partial charge in [0.1, 0.15) is 0 Å². The molecule has 0 aromatic rings. The lowest BCUT2D eigenvalue weighted by Gasteiger charge is -2.17. The maximum atomic E-state index is 9.90. The van der Waals surface area contributed by atoms with Crippen molar-refractivity contribution < 1.29 is 10.2 Å². The number of aliphatic hydroxyl groups excluding tert-OH is 2. The highest BCUT2D eigenvalue weighted by Gasteiger charge is 2.15. The summed E-state index contributed by atoms with van der Waals surface area (Å²) in [6.07, 6.45) is 11.7. The van der Waals surface area contributed by atoms with Gasteiger partial charge in [0.2, 0.25) is 0 Å². The first-order valence-electron chi connectivity index (χ1n) is 8.82. The van der Waals surface area contributed by atoms with E-state index in [4.69, 9.17) is 10.5 Å². The first-order chi connectivity index (χ1) is 10.7. The fourth-order valence-corrected chi connectivity index (χ4v) is 2.56. The van der Waals surface area contributed by atoms with Crippen LogP contribution in [0.25, 0.3) is 0 Å². The lowest BCUT2D eigenvalue weighted by molar-refractivity contribution is 0.00712. The summed E-state index contributed by atoms with van der Waals surface area (Å²) in [7, 11) is 0. The van der Waals surface area contributed by atoms with E-state index >= 15 is 0 Å². The van der Waals surface area contributed by atoms with E-state index in [1.54, 1.807) is 0 Å². The molecule has 126 valence electrons. The first-order valence-corrected chi connectivity index (χ1v) is 8.82. The van der Waals surface area contributed by atoms with E-state index in [1.165, 1.54) is 0 Å². The number of hydrogen-bond acceptors (Lipinski definition) is 4. The van der Waals surface area contributed by atoms with Crippen LogP contribution in [-0.4, -0.2) is 22.4 Å². The molecule has 0 bridgehead atoms. The zero-order chi connectivity index (χ0) is 16.5. The van der Waals surface area contributed by atoms with Crippen molar-refractivity contribution in [3.05, 3.63) is 0 Å². The molecule has 0 aliphatic rings. The highest BCUT2D eigenvalue weighted by Crippen LogP contribution is 2.15. The van der Waals surface area contributed by atoms with Crippen molar-refractivity contribution in [2.24, 2.45) is 0 Å². The monoisotopic (exact) mass is 308 g/mol. The largest absolute Gasteiger partial charge is 0.390 e. The molecule has 0 radical (unpaired) electrons. The maximum absolute atomic E-state index is 9.90. The molecule has 0 fully saturated rings. The average Bonchev–Trinajstić information content (AvgIpc) is 2.52. The number of unbranched alkanes of at least 4 members (excludes halogenated alkanes) is 10. The third-order valence-electron chi connectivity index (χ3n) is 4.02. The highest BCUT2D eigenvalue weighted by molar-refractivity contribution is 4.70. The van der Waals surface area contributed by atoms with Crippen molar-refractivity contribution >= 4 is 0 Å². The van der Waals surface area contributed by atoms with Gasteiger partial charge < -0.3 is 10.2 Å². The Morgan fingerprint density at radius 3 is 1.23 bits per heavy atom. The predicted octanol–water partition coefficient (Wildman–Crippen LogP) is 4.22. The highest BCUT2D eigenvalue weighted by atomic mass is 16.3. The Morgan fingerprint density at radius 2 is 0.864 bits per heavy atom. The van der Waals surface area contributed by atoms with Crippen LogP contribution in [0.3, 0.4) is 0 Å². The molecule has 0 saturated carbocycles. The van der Waals surface area contributed by atoms with E-state index in [1.807, 2.05) is 0 Å². The zero-order valence-electron chi connectivity index (χ0n) is 13.8. The molecule has 0 rings (SSSR count). The normalized spacial score (nSPS) is 13.3. The second kappa shape index (κ2) is 16.3. The van der Waals surface area contributed by atoms with Crippen LogP contribution in [0.4, 0.5) is 0 Å². The van der Waals surface area contributed by atoms with Crippen LogP contribution >= 0.6 is 0 Å². The van der Waals surface area contributed by atoms with Crippen LogP contribution in [0.2, 0.25) is 0 Å². The molecule has 2 atom stereocenters. The third-order valence-corrected chi connectivity index (χ3v) is 4.02. The molecule has 0 aliphatic carbocycles. The molecular formula is C18H32N2O2. The van der Waals surface area contributed by atoms with E-state index in [-0.39, 0.29) is 0 Å². The summed E-state index contributed by atoms with van der Waals surface area (Å²) >= 11 is 0. The molecule has 0 spiro atoms. The van der Waals surface area contributed by atoms with E-state index in [0.29, 0.717) is 25.7 Å². The van der Waals surface area contributed by atoms with E-state index in [9.17, 15) is 10.2 Å². The summed E-state index contributed by atoms with van der Waals surface area (Å²) in [4.78, 5) is 0. The standard InChI is InChI=1S/C18H32N2O2/c19-15-11-7-3-1-5-9-13-17(21)18(22)14-10-6-2-4-8-12-16-20/h17-18,21-22H,1-14H2. The van der Waals surface area contributed by atoms with Crippen molar-refractivity contribution in [2.45, 2.75) is 102 Å². The summed E-state index contributed by atoms with van der Waals surface area (Å²) < 4.78 is 0. The quantitative estimate of drug-likeness (QED) is 0.443. The molecule has 2 N–H and O–H groups in total. The molecule has 0 amide bonds. The molecule has 0 aromatic heterocycles. The minimum absolute atomic E-state index is 0.599. The Bertz CT molecular complexity index is 288. The lowest BCUT2D eigenvalue weighted by Crippen LogP contribution is -2.25. The van der Waals surface area contributed by atoms with Gasteiger partial charge in [0, 0.05) is 12.8 Å². The van der Waals surface area contributed by atoms with Crippen molar-refractivity contribution in [3.63, 3.8) is 0 Å². The van der Waals surface area contributed by atoms with E-state index < -0.39 is 12.2 Å². The summed E-state index contributed by atoms with van der Waals surface area (Å²) in [5, 5.41) is 36.6. The molecule has 0 heterocycles. The zero-order valence-corrected chi connectivity index (χ0v) is 13.8. The number of aliphatic hydroxyl groups is 2. The smallest absolute Gasteiger partial charge is 0.0799 e. The minimum Gasteiger partial charge on any atom is -0.390 e. The number of nitriles is 2. The second-order valence-electron chi connectivity index (χ2n) is 6.06. The molecule has 22 heavy (non-hydrogen) atoms. The third kappa shape index (κ3) is 13.9. The molecule has 0 saturated heterocycles. The van der Waals surface area contributed by atoms with Gasteiger partial charge in [0.15, 0.2) is 0 Å². The number of nitrogens with zero attached hydrogens (tertiary/aromatic N) is 2. The molecule has 0 aliphatic heterocycles. The van der Waals surface area contributed by atoms with Gasteiger partial charge in [-0.1, -0.05) is 51.4 Å². The molecule has 0 aromatic carbocycles. The second-order valence-corrected chi connectivity index (χ2v) is 6.06. The Balaban J connectivity index is 3.38. The lowest BCUT2D eigenvalue weighted by atomic mass is 9.99. The SMILES string of the molecule is N#CCCCCCCCC(O)C(O)CCCCCCCC#N. The van der Waals surface area contributed by atoms with Gasteiger partial charge in [-0.2, -0.15) is 10.5 Å². The van der Waals surface area contributed by atoms with Crippen LogP contribution in [0.5, 0.6) is 0 Å². The first kappa shape index (κ1) is 20.9. The van der Waals surface area contributed by atoms with Crippen LogP contribution in [0.1, 0.15) is 89.9 Å². The molecule has 4 nitrogen and oxygen atoms in total. The summed E-state index contributed by atoms with van der Waals surface area (Å²) in [5.41, 5.74) is 0. The van der Waals surface area contributed by atoms with Gasteiger partial charge in [-0.25, -0.2) is 0 Å². The Kier molecular flexibility index (Phi) is 15.5. The topological polar surface area (TPSA) is 88.0 Å². The van der Waals surface area contributed by atoms with Crippen LogP contribution in [-0.2, 0) is 0 Å². The summed E-state index contributed by atoms with van der Waals surface area (Å²) in [6, 6.07) is 4.29. The van der Waals surface area contributed by atoms with Gasteiger partial charge >= 0.3 is 0 Å². The molecular weight excluding hydrogens is 276 g/mol. The van der Waals surface area contributed by atoms with Crippen molar-refractivity contribution in [2.75, 3.05) is 0 Å². The van der Waals surface area contributed by atoms with Crippen LogP contribution in [0, 0.1) is 22.7 Å². The van der Waals surface area contributed by atoms with Gasteiger partial charge in [-0.15, -0.1) is 0 Å². The number of hydrogen-bond donors (Lipinski definition) is 2. The van der Waals surface area contributed by atoms with Crippen molar-refractivity contribution in [3.8, 4) is 12.1 Å². The van der Waals surface area contributed by atoms with Crippen molar-refractivity contribution in [1.82, 2.24) is 0 Å². The van der Waals surface area contributed by atoms with Crippen molar-refractivity contribution in [1.29, 1.82) is 10.5 Å². The van der Waals surface area contributed by atoms with Gasteiger partial charge in [-0.05, 0) is 25.7 Å². The van der Waals surface area contributed by atoms with E-state index in [2.05, 4.69) is 12.1 Å². The van der Waals surface area contributed by atoms with Gasteiger partial charge in [0.05, 0.1) is 24.3 Å². The molecule has 4 heteroatoms. The summed E-state index contributed by atoms with van der Waals surface area (Å²) in [6.45, 7) is 0. The fraction of sp³-hybridized carbons (Fsp3) is 0.889.